The summed E-state index contributed by atoms with van der Waals surface area (Å²) in [6, 6.07) is 6.82. The van der Waals surface area contributed by atoms with Gasteiger partial charge in [-0.15, -0.1) is 0 Å². The Morgan fingerprint density at radius 1 is 1.08 bits per heavy atom. The first-order valence-electron chi connectivity index (χ1n) is 8.61. The molecule has 3 rings (SSSR count). The number of halogens is 4. The van der Waals surface area contributed by atoms with Crippen LogP contribution in [0.3, 0.4) is 0 Å². The van der Waals surface area contributed by atoms with Gasteiger partial charge in [-0.3, -0.25) is 9.36 Å². The van der Waals surface area contributed by atoms with Gasteiger partial charge in [-0.25, -0.2) is 4.98 Å². The second-order valence-electron chi connectivity index (χ2n) is 6.89. The summed E-state index contributed by atoms with van der Waals surface area (Å²) in [5.41, 5.74) is 1.59. The lowest BCUT2D eigenvalue weighted by Crippen LogP contribution is -2.32. The van der Waals surface area contributed by atoms with Crippen molar-refractivity contribution < 1.29 is 13.2 Å². The quantitative estimate of drug-likeness (QED) is 0.700. The largest absolute Gasteiger partial charge is 0.391 e. The van der Waals surface area contributed by atoms with Gasteiger partial charge in [0.15, 0.2) is 0 Å². The van der Waals surface area contributed by atoms with Crippen molar-refractivity contribution in [3.63, 3.8) is 0 Å². The summed E-state index contributed by atoms with van der Waals surface area (Å²) in [5, 5.41) is 0.547. The zero-order valence-corrected chi connectivity index (χ0v) is 15.4. The minimum absolute atomic E-state index is 0.0670. The fourth-order valence-corrected chi connectivity index (χ4v) is 3.65. The molecule has 1 saturated carbocycles. The van der Waals surface area contributed by atoms with Crippen molar-refractivity contribution in [3.05, 3.63) is 56.7 Å². The average Bonchev–Trinajstić information content (AvgIpc) is 2.60. The molecular formula is C19H20ClF3N2O. The third kappa shape index (κ3) is 3.65. The van der Waals surface area contributed by atoms with Crippen molar-refractivity contribution in [1.82, 2.24) is 9.55 Å². The number of hydrogen-bond acceptors (Lipinski definition) is 2. The zero-order valence-electron chi connectivity index (χ0n) is 14.6. The molecule has 1 fully saturated rings. The molecule has 3 nitrogen and oxygen atoms in total. The van der Waals surface area contributed by atoms with Gasteiger partial charge in [0.25, 0.3) is 5.56 Å². The SMILES string of the molecule is Cc1nc(C2CCC(C(F)(F)F)CC2)n(-c2ccc(Cl)cc2)c(=O)c1C. The van der Waals surface area contributed by atoms with Gasteiger partial charge in [0.2, 0.25) is 0 Å². The highest BCUT2D eigenvalue weighted by Gasteiger charge is 2.42. The van der Waals surface area contributed by atoms with Crippen LogP contribution in [0.1, 0.15) is 48.7 Å². The molecule has 0 aliphatic heterocycles. The molecular weight excluding hydrogens is 365 g/mol. The van der Waals surface area contributed by atoms with Crippen LogP contribution in [0.15, 0.2) is 29.1 Å². The van der Waals surface area contributed by atoms with Crippen LogP contribution in [0.25, 0.3) is 5.69 Å². The topological polar surface area (TPSA) is 34.9 Å². The maximum atomic E-state index is 13.0. The van der Waals surface area contributed by atoms with E-state index in [9.17, 15) is 18.0 Å². The van der Waals surface area contributed by atoms with Crippen LogP contribution >= 0.6 is 11.6 Å². The van der Waals surface area contributed by atoms with Crippen LogP contribution in [0.5, 0.6) is 0 Å². The van der Waals surface area contributed by atoms with Crippen LogP contribution in [0.4, 0.5) is 13.2 Å². The normalized spacial score (nSPS) is 21.0. The van der Waals surface area contributed by atoms with Crippen molar-refractivity contribution in [2.24, 2.45) is 5.92 Å². The van der Waals surface area contributed by atoms with E-state index in [2.05, 4.69) is 4.98 Å². The Hall–Kier alpha value is -1.82. The van der Waals surface area contributed by atoms with Crippen LogP contribution in [-0.2, 0) is 0 Å². The molecule has 1 aliphatic carbocycles. The molecule has 0 radical (unpaired) electrons. The molecule has 0 spiro atoms. The van der Waals surface area contributed by atoms with Gasteiger partial charge in [-0.2, -0.15) is 13.2 Å². The number of benzene rings is 1. The first kappa shape index (κ1) is 19.0. The van der Waals surface area contributed by atoms with Crippen molar-refractivity contribution in [2.75, 3.05) is 0 Å². The van der Waals surface area contributed by atoms with E-state index in [1.54, 1.807) is 38.1 Å². The van der Waals surface area contributed by atoms with E-state index >= 15 is 0 Å². The fourth-order valence-electron chi connectivity index (χ4n) is 3.52. The van der Waals surface area contributed by atoms with Gasteiger partial charge in [-0.1, -0.05) is 11.6 Å². The van der Waals surface area contributed by atoms with Crippen LogP contribution < -0.4 is 5.56 Å². The lowest BCUT2D eigenvalue weighted by Gasteiger charge is -2.31. The third-order valence-corrected chi connectivity index (χ3v) is 5.47. The summed E-state index contributed by atoms with van der Waals surface area (Å²) >= 11 is 5.93. The molecule has 0 amide bonds. The van der Waals surface area contributed by atoms with Crippen LogP contribution in [0, 0.1) is 19.8 Å². The standard InChI is InChI=1S/C19H20ClF3N2O/c1-11-12(2)24-17(13-3-5-14(6-4-13)19(21,22)23)25(18(11)26)16-9-7-15(20)8-10-16/h7-10,13-14H,3-6H2,1-2H3. The summed E-state index contributed by atoms with van der Waals surface area (Å²) in [7, 11) is 0. The molecule has 7 heteroatoms. The Balaban J connectivity index is 2.02. The maximum Gasteiger partial charge on any atom is 0.391 e. The molecule has 0 bridgehead atoms. The Kier molecular flexibility index (Phi) is 5.15. The smallest absolute Gasteiger partial charge is 0.269 e. The highest BCUT2D eigenvalue weighted by molar-refractivity contribution is 6.30. The Morgan fingerprint density at radius 2 is 1.65 bits per heavy atom. The number of rotatable bonds is 2. The van der Waals surface area contributed by atoms with Gasteiger partial charge in [0, 0.05) is 22.2 Å². The molecule has 140 valence electrons. The van der Waals surface area contributed by atoms with Gasteiger partial charge >= 0.3 is 6.18 Å². The molecule has 2 aromatic rings. The Morgan fingerprint density at radius 3 is 2.19 bits per heavy atom. The van der Waals surface area contributed by atoms with Crippen LogP contribution in [0.2, 0.25) is 5.02 Å². The molecule has 1 aliphatic rings. The molecule has 1 aromatic carbocycles. The number of hydrogen-bond donors (Lipinski definition) is 0. The van der Waals surface area contributed by atoms with Gasteiger partial charge in [0.05, 0.1) is 11.6 Å². The molecule has 0 saturated heterocycles. The van der Waals surface area contributed by atoms with Crippen molar-refractivity contribution in [3.8, 4) is 5.69 Å². The van der Waals surface area contributed by atoms with E-state index in [0.717, 1.165) is 0 Å². The lowest BCUT2D eigenvalue weighted by atomic mass is 9.81. The molecule has 1 aromatic heterocycles. The van der Waals surface area contributed by atoms with E-state index in [4.69, 9.17) is 11.6 Å². The Bertz CT molecular complexity index is 851. The predicted molar refractivity (Wildman–Crippen MR) is 95.1 cm³/mol. The monoisotopic (exact) mass is 384 g/mol. The van der Waals surface area contributed by atoms with E-state index < -0.39 is 12.1 Å². The van der Waals surface area contributed by atoms with E-state index in [1.165, 1.54) is 4.57 Å². The highest BCUT2D eigenvalue weighted by Crippen LogP contribution is 2.42. The summed E-state index contributed by atoms with van der Waals surface area (Å²) < 4.78 is 40.4. The van der Waals surface area contributed by atoms with E-state index in [1.807, 2.05) is 0 Å². The Labute approximate surface area is 154 Å². The summed E-state index contributed by atoms with van der Waals surface area (Å²) in [6.07, 6.45) is -3.29. The van der Waals surface area contributed by atoms with Gasteiger partial charge in [-0.05, 0) is 63.8 Å². The summed E-state index contributed by atoms with van der Waals surface area (Å²) in [5.74, 6) is -0.890. The van der Waals surface area contributed by atoms with Crippen molar-refractivity contribution in [1.29, 1.82) is 0 Å². The van der Waals surface area contributed by atoms with E-state index in [-0.39, 0.29) is 24.3 Å². The number of nitrogens with zero attached hydrogens (tertiary/aromatic N) is 2. The number of aryl methyl sites for hydroxylation is 1. The fraction of sp³-hybridized carbons (Fsp3) is 0.474. The average molecular weight is 385 g/mol. The molecule has 0 atom stereocenters. The maximum absolute atomic E-state index is 13.0. The number of alkyl halides is 3. The zero-order chi connectivity index (χ0) is 19.1. The minimum atomic E-state index is -4.16. The second kappa shape index (κ2) is 7.06. The van der Waals surface area contributed by atoms with Crippen LogP contribution in [-0.4, -0.2) is 15.7 Å². The van der Waals surface area contributed by atoms with Gasteiger partial charge < -0.3 is 0 Å². The molecule has 0 unspecified atom stereocenters. The summed E-state index contributed by atoms with van der Waals surface area (Å²) in [6.45, 7) is 3.47. The predicted octanol–water partition coefficient (Wildman–Crippen LogP) is 5.34. The molecule has 0 N–H and O–H groups in total. The summed E-state index contributed by atoms with van der Waals surface area (Å²) in [4.78, 5) is 17.5. The molecule has 1 heterocycles. The first-order chi connectivity index (χ1) is 12.2. The van der Waals surface area contributed by atoms with Crippen molar-refractivity contribution in [2.45, 2.75) is 51.6 Å². The lowest BCUT2D eigenvalue weighted by molar-refractivity contribution is -0.182. The first-order valence-corrected chi connectivity index (χ1v) is 8.99. The minimum Gasteiger partial charge on any atom is -0.269 e. The van der Waals surface area contributed by atoms with Gasteiger partial charge in [0.1, 0.15) is 5.82 Å². The number of aromatic nitrogens is 2. The third-order valence-electron chi connectivity index (χ3n) is 5.22. The molecule has 26 heavy (non-hydrogen) atoms. The highest BCUT2D eigenvalue weighted by atomic mass is 35.5. The van der Waals surface area contributed by atoms with Crippen molar-refractivity contribution >= 4 is 11.6 Å². The second-order valence-corrected chi connectivity index (χ2v) is 7.32. The van der Waals surface area contributed by atoms with E-state index in [0.29, 0.717) is 40.6 Å².